The van der Waals surface area contributed by atoms with Gasteiger partial charge in [-0.05, 0) is 24.6 Å². The number of pyridine rings is 2. The van der Waals surface area contributed by atoms with Crippen molar-refractivity contribution in [2.24, 2.45) is 0 Å². The fourth-order valence-electron chi connectivity index (χ4n) is 7.37. The molecule has 6 rings (SSSR count). The van der Waals surface area contributed by atoms with Crippen LogP contribution in [0.2, 0.25) is 0 Å². The van der Waals surface area contributed by atoms with Crippen LogP contribution in [0, 0.1) is 0 Å². The molecule has 0 radical (unpaired) electrons. The average molecular weight is 854 g/mol. The van der Waals surface area contributed by atoms with Gasteiger partial charge in [-0.1, -0.05) is 25.1 Å². The number of esters is 5. The van der Waals surface area contributed by atoms with Crippen molar-refractivity contribution < 1.29 is 76.1 Å². The maximum absolute atomic E-state index is 13.8. The van der Waals surface area contributed by atoms with E-state index in [9.17, 15) is 33.6 Å². The molecule has 1 N–H and O–H groups in total. The van der Waals surface area contributed by atoms with Gasteiger partial charge >= 0.3 is 35.9 Å². The number of carbonyl (C=O) groups is 6. The second kappa shape index (κ2) is 19.6. The molecule has 3 aromatic rings. The molecule has 0 unspecified atom stereocenters. The van der Waals surface area contributed by atoms with E-state index in [0.29, 0.717) is 17.9 Å². The van der Waals surface area contributed by atoms with E-state index in [4.69, 9.17) is 52.4 Å². The van der Waals surface area contributed by atoms with Crippen molar-refractivity contribution >= 4 is 46.8 Å². The zero-order valence-corrected chi connectivity index (χ0v) is 34.3. The van der Waals surface area contributed by atoms with Gasteiger partial charge in [0, 0.05) is 50.8 Å². The molecule has 0 aliphatic carbocycles. The Kier molecular flexibility index (Phi) is 14.3. The number of para-hydroxylation sites is 1. The van der Waals surface area contributed by atoms with E-state index >= 15 is 0 Å². The van der Waals surface area contributed by atoms with E-state index in [1.807, 2.05) is 30.3 Å². The van der Waals surface area contributed by atoms with Gasteiger partial charge in [0.1, 0.15) is 19.3 Å². The Morgan fingerprint density at radius 1 is 0.852 bits per heavy atom. The fourth-order valence-corrected chi connectivity index (χ4v) is 7.37. The Labute approximate surface area is 348 Å². The number of alkyl carbamates (subject to hydrolysis) is 1. The van der Waals surface area contributed by atoms with Crippen LogP contribution in [0.1, 0.15) is 57.7 Å². The maximum Gasteiger partial charge on any atom is 0.408 e. The number of amides is 1. The standard InChI is InChI=1S/C41H47N3O17/c1-6-41(29-18-31-33-27(17-26-9-7-8-10-30(26)43-33)19-44(31)37(49)28(29)20-56-39(41)50)61-40(51)42-11-12-52-13-14-53-15-16-54-38-36(59-25(5)48)35(58-24(4)47)34(57-23(3)46)32(60-38)21-55-22(2)45/h7-10,17-18,32,34-36,38H,6,11-16,19-21H2,1-5H3,(H,42,51)/t32-,34+,35+,36-,38-,41+/m1/s1. The summed E-state index contributed by atoms with van der Waals surface area (Å²) in [4.78, 5) is 92.5. The molecule has 0 saturated carbocycles. The van der Waals surface area contributed by atoms with Crippen LogP contribution in [0.3, 0.4) is 0 Å². The second-order valence-corrected chi connectivity index (χ2v) is 14.2. The fraction of sp³-hybridized carbons (Fsp3) is 0.512. The number of nitrogens with zero attached hydrogens (tertiary/aromatic N) is 2. The zero-order chi connectivity index (χ0) is 43.8. The van der Waals surface area contributed by atoms with Gasteiger partial charge in [0.2, 0.25) is 5.60 Å². The number of carbonyl (C=O) groups excluding carboxylic acids is 6. The summed E-state index contributed by atoms with van der Waals surface area (Å²) in [7, 11) is 0. The summed E-state index contributed by atoms with van der Waals surface area (Å²) in [6, 6.07) is 11.3. The van der Waals surface area contributed by atoms with Crippen LogP contribution in [0.4, 0.5) is 4.79 Å². The van der Waals surface area contributed by atoms with Crippen molar-refractivity contribution in [1.82, 2.24) is 14.9 Å². The summed E-state index contributed by atoms with van der Waals surface area (Å²) in [6.45, 7) is 5.97. The van der Waals surface area contributed by atoms with Gasteiger partial charge in [-0.3, -0.25) is 24.0 Å². The summed E-state index contributed by atoms with van der Waals surface area (Å²) in [5.41, 5.74) is 0.988. The first-order valence-electron chi connectivity index (χ1n) is 19.6. The molecule has 2 aromatic heterocycles. The number of fused-ring (bicyclic) bond motifs is 5. The third-order valence-corrected chi connectivity index (χ3v) is 10.00. The van der Waals surface area contributed by atoms with Crippen molar-refractivity contribution in [2.75, 3.05) is 46.2 Å². The summed E-state index contributed by atoms with van der Waals surface area (Å²) in [5.74, 6) is -3.73. The summed E-state index contributed by atoms with van der Waals surface area (Å²) >= 11 is 0. The highest BCUT2D eigenvalue weighted by Crippen LogP contribution is 2.41. The highest BCUT2D eigenvalue weighted by Gasteiger charge is 2.53. The molecule has 6 atom stereocenters. The van der Waals surface area contributed by atoms with E-state index in [1.165, 1.54) is 6.92 Å². The lowest BCUT2D eigenvalue weighted by Crippen LogP contribution is -2.63. The number of nitrogens with one attached hydrogen (secondary N) is 1. The van der Waals surface area contributed by atoms with E-state index < -0.39 is 78.9 Å². The summed E-state index contributed by atoms with van der Waals surface area (Å²) < 4.78 is 56.7. The van der Waals surface area contributed by atoms with Crippen molar-refractivity contribution in [1.29, 1.82) is 0 Å². The molecule has 328 valence electrons. The zero-order valence-electron chi connectivity index (χ0n) is 34.3. The summed E-state index contributed by atoms with van der Waals surface area (Å²) in [5, 5.41) is 3.50. The van der Waals surface area contributed by atoms with Gasteiger partial charge < -0.3 is 57.3 Å². The molecule has 61 heavy (non-hydrogen) atoms. The normalized spacial score (nSPS) is 22.5. The minimum absolute atomic E-state index is 0.00157. The Hall–Kier alpha value is -5.96. The van der Waals surface area contributed by atoms with E-state index in [0.717, 1.165) is 37.2 Å². The number of cyclic esters (lactones) is 1. The molecule has 1 amide bonds. The molecule has 5 heterocycles. The Bertz CT molecular complexity index is 2220. The number of aromatic nitrogens is 2. The van der Waals surface area contributed by atoms with Crippen LogP contribution < -0.4 is 10.9 Å². The van der Waals surface area contributed by atoms with Crippen molar-refractivity contribution in [2.45, 2.75) is 90.5 Å². The SMILES string of the molecule is CC[C@@]1(OC(=O)NCCOCCOCCO[C@@H]2O[C@H](COC(C)=O)[C@H](OC(C)=O)[C@H](OC(C)=O)[C@H]2OC(C)=O)C(=O)OCc2c1cc1n(c2=O)Cc2cc3ccccc3nc2-1. The molecule has 0 bridgehead atoms. The number of hydrogen-bond donors (Lipinski definition) is 1. The molecule has 20 nitrogen and oxygen atoms in total. The quantitative estimate of drug-likeness (QED) is 0.0907. The van der Waals surface area contributed by atoms with Crippen molar-refractivity contribution in [3.63, 3.8) is 0 Å². The number of benzene rings is 1. The third-order valence-electron chi connectivity index (χ3n) is 10.00. The topological polar surface area (TPSA) is 242 Å². The van der Waals surface area contributed by atoms with Gasteiger partial charge in [-0.2, -0.15) is 0 Å². The number of hydrogen-bond acceptors (Lipinski definition) is 18. The molecular formula is C41H47N3O17. The first-order chi connectivity index (χ1) is 29.2. The average Bonchev–Trinajstić information content (AvgIpc) is 3.57. The van der Waals surface area contributed by atoms with E-state index in [1.54, 1.807) is 17.6 Å². The van der Waals surface area contributed by atoms with Crippen LogP contribution >= 0.6 is 0 Å². The van der Waals surface area contributed by atoms with Crippen molar-refractivity contribution in [3.05, 3.63) is 63.4 Å². The number of ether oxygens (including phenoxy) is 10. The Morgan fingerprint density at radius 2 is 1.52 bits per heavy atom. The van der Waals surface area contributed by atoms with Crippen molar-refractivity contribution in [3.8, 4) is 11.4 Å². The van der Waals surface area contributed by atoms with Crippen LogP contribution in [-0.2, 0) is 90.1 Å². The monoisotopic (exact) mass is 853 g/mol. The van der Waals surface area contributed by atoms with Gasteiger partial charge in [-0.25, -0.2) is 14.6 Å². The predicted molar refractivity (Wildman–Crippen MR) is 206 cm³/mol. The molecule has 0 spiro atoms. The molecule has 1 aromatic carbocycles. The minimum atomic E-state index is -1.88. The molecule has 3 aliphatic heterocycles. The third kappa shape index (κ3) is 10.2. The second-order valence-electron chi connectivity index (χ2n) is 14.2. The first kappa shape index (κ1) is 44.6. The van der Waals surface area contributed by atoms with Crippen LogP contribution in [-0.4, -0.2) is 122 Å². The maximum atomic E-state index is 13.8. The first-order valence-corrected chi connectivity index (χ1v) is 19.6. The lowest BCUT2D eigenvalue weighted by molar-refractivity contribution is -0.309. The van der Waals surface area contributed by atoms with Crippen LogP contribution in [0.25, 0.3) is 22.3 Å². The molecule has 20 heteroatoms. The summed E-state index contributed by atoms with van der Waals surface area (Å²) in [6.07, 6.45) is -7.48. The predicted octanol–water partition coefficient (Wildman–Crippen LogP) is 1.95. The largest absolute Gasteiger partial charge is 0.463 e. The Balaban J connectivity index is 0.981. The molecule has 1 fully saturated rings. The van der Waals surface area contributed by atoms with E-state index in [-0.39, 0.29) is 69.3 Å². The van der Waals surface area contributed by atoms with Gasteiger partial charge in [0.05, 0.1) is 62.0 Å². The molecular weight excluding hydrogens is 806 g/mol. The minimum Gasteiger partial charge on any atom is -0.463 e. The van der Waals surface area contributed by atoms with Crippen LogP contribution in [0.15, 0.2) is 41.2 Å². The lowest BCUT2D eigenvalue weighted by Gasteiger charge is -2.44. The van der Waals surface area contributed by atoms with Gasteiger partial charge in [-0.15, -0.1) is 0 Å². The van der Waals surface area contributed by atoms with Crippen LogP contribution in [0.5, 0.6) is 0 Å². The lowest BCUT2D eigenvalue weighted by atomic mass is 9.85. The van der Waals surface area contributed by atoms with Gasteiger partial charge in [0.25, 0.3) is 5.56 Å². The smallest absolute Gasteiger partial charge is 0.408 e. The Morgan fingerprint density at radius 3 is 2.23 bits per heavy atom. The molecule has 3 aliphatic rings. The van der Waals surface area contributed by atoms with Gasteiger partial charge in [0.15, 0.2) is 24.6 Å². The van der Waals surface area contributed by atoms with E-state index in [2.05, 4.69) is 5.32 Å². The number of rotatable bonds is 17. The molecule has 1 saturated heterocycles. The highest BCUT2D eigenvalue weighted by atomic mass is 16.7. The highest BCUT2D eigenvalue weighted by molar-refractivity contribution is 5.88.